The van der Waals surface area contributed by atoms with Crippen LogP contribution < -0.4 is 19.7 Å². The van der Waals surface area contributed by atoms with Gasteiger partial charge < -0.3 is 29.3 Å². The Morgan fingerprint density at radius 3 is 2.61 bits per heavy atom. The molecule has 1 aromatic rings. The van der Waals surface area contributed by atoms with E-state index in [0.29, 0.717) is 37.6 Å². The molecule has 2 saturated heterocycles. The van der Waals surface area contributed by atoms with Crippen LogP contribution in [0.3, 0.4) is 0 Å². The Morgan fingerprint density at radius 2 is 1.94 bits per heavy atom. The molecule has 172 valence electrons. The van der Waals surface area contributed by atoms with Gasteiger partial charge in [-0.15, -0.1) is 0 Å². The van der Waals surface area contributed by atoms with Crippen LogP contribution in [0.15, 0.2) is 18.2 Å². The number of methoxy groups -OCH3 is 2. The fourth-order valence-corrected chi connectivity index (χ4v) is 4.34. The number of ether oxygens (including phenoxy) is 3. The highest BCUT2D eigenvalue weighted by Crippen LogP contribution is 2.28. The molecule has 2 N–H and O–H groups in total. The van der Waals surface area contributed by atoms with Crippen LogP contribution in [-0.2, 0) is 20.7 Å². The molecule has 2 aliphatic heterocycles. The molecule has 0 unspecified atom stereocenters. The Labute approximate surface area is 184 Å². The molecule has 1 atom stereocenters. The molecule has 0 radical (unpaired) electrons. The Bertz CT molecular complexity index is 776. The number of amides is 2. The first-order chi connectivity index (χ1) is 14.8. The summed E-state index contributed by atoms with van der Waals surface area (Å²) >= 11 is 0. The predicted octanol–water partition coefficient (Wildman–Crippen LogP) is -0.0953. The van der Waals surface area contributed by atoms with Crippen molar-refractivity contribution in [2.24, 2.45) is 5.92 Å². The number of carbonyl (C=O) groups is 2. The summed E-state index contributed by atoms with van der Waals surface area (Å²) in [5.74, 6) is 1.09. The van der Waals surface area contributed by atoms with E-state index in [1.807, 2.05) is 18.2 Å². The van der Waals surface area contributed by atoms with Gasteiger partial charge in [0.2, 0.25) is 11.8 Å². The molecule has 3 rings (SSSR count). The van der Waals surface area contributed by atoms with Gasteiger partial charge in [-0.25, -0.2) is 0 Å². The van der Waals surface area contributed by atoms with E-state index in [4.69, 9.17) is 14.2 Å². The Kier molecular flexibility index (Phi) is 7.78. The molecule has 2 aliphatic rings. The van der Waals surface area contributed by atoms with Crippen LogP contribution >= 0.6 is 0 Å². The maximum atomic E-state index is 12.7. The van der Waals surface area contributed by atoms with Gasteiger partial charge in [-0.1, -0.05) is 6.07 Å². The van der Waals surface area contributed by atoms with Crippen LogP contribution in [0.5, 0.6) is 11.5 Å². The number of morpholine rings is 1. The van der Waals surface area contributed by atoms with Crippen LogP contribution in [-0.4, -0.2) is 82.4 Å². The lowest BCUT2D eigenvalue weighted by Gasteiger charge is -2.37. The van der Waals surface area contributed by atoms with Crippen molar-refractivity contribution in [1.82, 2.24) is 10.2 Å². The summed E-state index contributed by atoms with van der Waals surface area (Å²) in [6, 6.07) is 5.77. The topological polar surface area (TPSA) is 81.5 Å². The van der Waals surface area contributed by atoms with E-state index in [9.17, 15) is 9.59 Å². The number of hydrogen-bond acceptors (Lipinski definition) is 5. The third kappa shape index (κ3) is 5.89. The zero-order valence-electron chi connectivity index (χ0n) is 19.2. The fourth-order valence-electron chi connectivity index (χ4n) is 4.34. The second kappa shape index (κ2) is 10.3. The van der Waals surface area contributed by atoms with Crippen molar-refractivity contribution in [2.75, 3.05) is 60.2 Å². The lowest BCUT2D eigenvalue weighted by Crippen LogP contribution is -3.22. The van der Waals surface area contributed by atoms with E-state index in [1.165, 1.54) is 4.90 Å². The fraction of sp³-hybridized carbons (Fsp3) is 0.652. The van der Waals surface area contributed by atoms with Crippen molar-refractivity contribution in [1.29, 1.82) is 0 Å². The zero-order chi connectivity index (χ0) is 22.4. The molecule has 0 aliphatic carbocycles. The molecule has 0 spiro atoms. The normalized spacial score (nSPS) is 20.1. The van der Waals surface area contributed by atoms with Crippen molar-refractivity contribution >= 4 is 11.8 Å². The largest absolute Gasteiger partial charge is 0.493 e. The average molecular weight is 435 g/mol. The average Bonchev–Trinajstić information content (AvgIpc) is 3.17. The molecule has 0 bridgehead atoms. The van der Waals surface area contributed by atoms with E-state index in [1.54, 1.807) is 19.1 Å². The molecular formula is C23H36N3O5+. The van der Waals surface area contributed by atoms with Crippen molar-refractivity contribution in [2.45, 2.75) is 32.2 Å². The summed E-state index contributed by atoms with van der Waals surface area (Å²) in [5, 5.41) is 3.09. The minimum absolute atomic E-state index is 0.0253. The molecule has 8 nitrogen and oxygen atoms in total. The van der Waals surface area contributed by atoms with Gasteiger partial charge >= 0.3 is 0 Å². The first kappa shape index (κ1) is 23.3. The minimum atomic E-state index is -0.284. The van der Waals surface area contributed by atoms with Gasteiger partial charge in [0.05, 0.1) is 39.9 Å². The summed E-state index contributed by atoms with van der Waals surface area (Å²) in [4.78, 5) is 28.4. The molecule has 0 aromatic heterocycles. The molecular weight excluding hydrogens is 398 g/mol. The van der Waals surface area contributed by atoms with Crippen LogP contribution in [0.25, 0.3) is 0 Å². The first-order valence-electron chi connectivity index (χ1n) is 11.0. The molecule has 2 fully saturated rings. The number of benzene rings is 1. The Hall–Kier alpha value is -2.32. The number of likely N-dealkylation sites (tertiary alicyclic amines) is 1. The number of quaternary nitrogens is 1. The summed E-state index contributed by atoms with van der Waals surface area (Å²) in [6.07, 6.45) is 0.983. The van der Waals surface area contributed by atoms with Crippen LogP contribution in [0.1, 0.15) is 25.8 Å². The maximum Gasteiger partial charge on any atom is 0.225 e. The second-order valence-corrected chi connectivity index (χ2v) is 9.00. The third-order valence-corrected chi connectivity index (χ3v) is 6.46. The molecule has 2 amide bonds. The first-order valence-corrected chi connectivity index (χ1v) is 11.0. The SMILES string of the molecule is COc1ccc(CCN2C[C@@H](C(=O)NCC(C)(C)[NH+]3CCOCC3)CC2=O)cc1OC. The van der Waals surface area contributed by atoms with Gasteiger partial charge in [-0.2, -0.15) is 0 Å². The maximum absolute atomic E-state index is 12.7. The van der Waals surface area contributed by atoms with E-state index >= 15 is 0 Å². The van der Waals surface area contributed by atoms with Crippen molar-refractivity contribution in [3.63, 3.8) is 0 Å². The smallest absolute Gasteiger partial charge is 0.225 e. The van der Waals surface area contributed by atoms with E-state index < -0.39 is 0 Å². The number of carbonyl (C=O) groups excluding carboxylic acids is 2. The highest BCUT2D eigenvalue weighted by atomic mass is 16.5. The number of nitrogens with zero attached hydrogens (tertiary/aromatic N) is 1. The van der Waals surface area contributed by atoms with Gasteiger partial charge in [-0.3, -0.25) is 9.59 Å². The van der Waals surface area contributed by atoms with Crippen LogP contribution in [0.4, 0.5) is 0 Å². The quantitative estimate of drug-likeness (QED) is 0.568. The molecule has 8 heteroatoms. The molecule has 0 saturated carbocycles. The highest BCUT2D eigenvalue weighted by Gasteiger charge is 2.37. The van der Waals surface area contributed by atoms with Crippen molar-refractivity contribution < 1.29 is 28.7 Å². The Morgan fingerprint density at radius 1 is 1.23 bits per heavy atom. The molecule has 31 heavy (non-hydrogen) atoms. The van der Waals surface area contributed by atoms with E-state index in [0.717, 1.165) is 31.9 Å². The van der Waals surface area contributed by atoms with Crippen molar-refractivity contribution in [3.05, 3.63) is 23.8 Å². The summed E-state index contributed by atoms with van der Waals surface area (Å²) in [7, 11) is 3.21. The standard InChI is InChI=1S/C23H35N3O5/c1-23(2,26-9-11-31-12-10-26)16-24-22(28)18-14-21(27)25(15-18)8-7-17-5-6-19(29-3)20(13-17)30-4/h5-6,13,18H,7-12,14-16H2,1-4H3,(H,24,28)/p+1/t18-/m0/s1. The van der Waals surface area contributed by atoms with Crippen LogP contribution in [0.2, 0.25) is 0 Å². The zero-order valence-corrected chi connectivity index (χ0v) is 19.2. The summed E-state index contributed by atoms with van der Waals surface area (Å²) in [6.45, 7) is 9.43. The van der Waals surface area contributed by atoms with Gasteiger partial charge in [0, 0.05) is 19.5 Å². The molecule has 1 aromatic carbocycles. The highest BCUT2D eigenvalue weighted by molar-refractivity contribution is 5.89. The lowest BCUT2D eigenvalue weighted by atomic mass is 10.0. The van der Waals surface area contributed by atoms with Gasteiger partial charge in [0.25, 0.3) is 0 Å². The van der Waals surface area contributed by atoms with Gasteiger partial charge in [-0.05, 0) is 38.0 Å². The van der Waals surface area contributed by atoms with Crippen LogP contribution in [0, 0.1) is 5.92 Å². The third-order valence-electron chi connectivity index (χ3n) is 6.46. The molecule has 2 heterocycles. The van der Waals surface area contributed by atoms with Gasteiger partial charge in [0.15, 0.2) is 11.5 Å². The number of rotatable bonds is 9. The second-order valence-electron chi connectivity index (χ2n) is 9.00. The van der Waals surface area contributed by atoms with Crippen molar-refractivity contribution in [3.8, 4) is 11.5 Å². The number of nitrogens with one attached hydrogen (secondary N) is 2. The monoisotopic (exact) mass is 434 g/mol. The Balaban J connectivity index is 1.48. The van der Waals surface area contributed by atoms with E-state index in [-0.39, 0.29) is 29.7 Å². The minimum Gasteiger partial charge on any atom is -0.493 e. The predicted molar refractivity (Wildman–Crippen MR) is 117 cm³/mol. The van der Waals surface area contributed by atoms with Gasteiger partial charge in [0.1, 0.15) is 18.6 Å². The van der Waals surface area contributed by atoms with E-state index in [2.05, 4.69) is 19.2 Å². The summed E-state index contributed by atoms with van der Waals surface area (Å²) in [5.41, 5.74) is 1.00. The lowest BCUT2D eigenvalue weighted by molar-refractivity contribution is -0.954. The number of hydrogen-bond donors (Lipinski definition) is 2. The summed E-state index contributed by atoms with van der Waals surface area (Å²) < 4.78 is 16.1.